The Hall–Kier alpha value is -5.67. The van der Waals surface area contributed by atoms with Crippen molar-refractivity contribution in [2.75, 3.05) is 36.8 Å². The molecule has 1 saturated carbocycles. The van der Waals surface area contributed by atoms with Crippen molar-refractivity contribution in [2.24, 2.45) is 7.05 Å². The van der Waals surface area contributed by atoms with E-state index in [1.807, 2.05) is 30.5 Å². The van der Waals surface area contributed by atoms with Crippen molar-refractivity contribution in [1.82, 2.24) is 44.4 Å². The smallest absolute Gasteiger partial charge is 0.329 e. The van der Waals surface area contributed by atoms with Crippen molar-refractivity contribution in [2.45, 2.75) is 106 Å². The summed E-state index contributed by atoms with van der Waals surface area (Å²) in [6, 6.07) is 18.3. The van der Waals surface area contributed by atoms with Crippen LogP contribution in [0.3, 0.4) is 0 Å². The van der Waals surface area contributed by atoms with Crippen molar-refractivity contribution >= 4 is 34.4 Å². The number of hydrogen-bond acceptors (Lipinski definition) is 12. The first-order valence-corrected chi connectivity index (χ1v) is 21.7. The molecule has 6 fully saturated rings. The second kappa shape index (κ2) is 14.2. The first-order valence-electron chi connectivity index (χ1n) is 21.7. The number of carbonyl (C=O) groups is 2. The topological polar surface area (TPSA) is 181 Å². The number of aryl methyl sites for hydroxylation is 1. The summed E-state index contributed by atoms with van der Waals surface area (Å²) in [4.78, 5) is 55.6. The van der Waals surface area contributed by atoms with Gasteiger partial charge in [-0.25, -0.2) is 14.8 Å². The summed E-state index contributed by atoms with van der Waals surface area (Å²) >= 11 is 0. The number of hydrogen-bond donors (Lipinski definition) is 3. The van der Waals surface area contributed by atoms with Gasteiger partial charge in [0.05, 0.1) is 33.6 Å². The summed E-state index contributed by atoms with van der Waals surface area (Å²) in [5.41, 5.74) is 12.3. The van der Waals surface area contributed by atoms with Crippen molar-refractivity contribution in [3.63, 3.8) is 0 Å². The number of piperidine rings is 3. The van der Waals surface area contributed by atoms with E-state index < -0.39 is 11.9 Å². The molecule has 0 spiro atoms. The second-order valence-corrected chi connectivity index (χ2v) is 18.1. The van der Waals surface area contributed by atoms with E-state index in [-0.39, 0.29) is 29.3 Å². The van der Waals surface area contributed by atoms with Crippen LogP contribution in [0.5, 0.6) is 5.75 Å². The first-order chi connectivity index (χ1) is 29.1. The van der Waals surface area contributed by atoms with Gasteiger partial charge in [-0.3, -0.25) is 28.9 Å². The van der Waals surface area contributed by atoms with Crippen molar-refractivity contribution < 1.29 is 14.7 Å². The van der Waals surface area contributed by atoms with Gasteiger partial charge in [0.15, 0.2) is 5.82 Å². The van der Waals surface area contributed by atoms with Gasteiger partial charge in [-0.1, -0.05) is 18.2 Å². The molecule has 1 aliphatic carbocycles. The van der Waals surface area contributed by atoms with E-state index in [2.05, 4.69) is 48.4 Å². The lowest BCUT2D eigenvalue weighted by atomic mass is 9.61. The van der Waals surface area contributed by atoms with Crippen LogP contribution in [0, 0.1) is 0 Å². The van der Waals surface area contributed by atoms with E-state index in [1.54, 1.807) is 28.3 Å². The molecule has 8 heterocycles. The zero-order valence-corrected chi connectivity index (χ0v) is 33.9. The second-order valence-electron chi connectivity index (χ2n) is 18.1. The van der Waals surface area contributed by atoms with Gasteiger partial charge in [0, 0.05) is 62.4 Å². The molecule has 4 N–H and O–H groups in total. The molecule has 5 aliphatic heterocycles. The fourth-order valence-corrected chi connectivity index (χ4v) is 11.9. The number of imide groups is 1. The van der Waals surface area contributed by atoms with E-state index in [0.717, 1.165) is 100 Å². The highest BCUT2D eigenvalue weighted by atomic mass is 16.3. The average molecular weight is 810 g/mol. The summed E-state index contributed by atoms with van der Waals surface area (Å²) < 4.78 is 3.20. The lowest BCUT2D eigenvalue weighted by Crippen LogP contribution is -2.82. The molecule has 15 heteroatoms. The third kappa shape index (κ3) is 5.94. The number of aromatic hydroxyl groups is 1. The van der Waals surface area contributed by atoms with E-state index in [1.165, 1.54) is 11.3 Å². The molecule has 11 rings (SSSR count). The number of nitrogen functional groups attached to an aromatic ring is 1. The molecule has 15 nitrogen and oxygen atoms in total. The van der Waals surface area contributed by atoms with E-state index in [9.17, 15) is 19.5 Å². The zero-order chi connectivity index (χ0) is 40.9. The summed E-state index contributed by atoms with van der Waals surface area (Å²) in [6.07, 6.45) is 11.3. The van der Waals surface area contributed by atoms with E-state index in [0.29, 0.717) is 53.5 Å². The van der Waals surface area contributed by atoms with Gasteiger partial charge in [-0.2, -0.15) is 0 Å². The molecule has 3 aromatic heterocycles. The Balaban J connectivity index is 0.700. The number of phenolic OH excluding ortho intramolecular Hbond substituents is 1. The molecule has 3 atom stereocenters. The number of likely N-dealkylation sites (tertiary alicyclic amines) is 1. The normalized spacial score (nSPS) is 28.6. The molecule has 3 unspecified atom stereocenters. The fraction of sp³-hybridized carbons (Fsp3) is 0.489. The summed E-state index contributed by atoms with van der Waals surface area (Å²) in [7, 11) is 1.77. The predicted molar refractivity (Wildman–Crippen MR) is 225 cm³/mol. The van der Waals surface area contributed by atoms with Crippen LogP contribution < -0.4 is 21.6 Å². The highest BCUT2D eigenvalue weighted by molar-refractivity contribution is 6.00. The maximum atomic E-state index is 13.3. The van der Waals surface area contributed by atoms with Crippen molar-refractivity contribution in [3.05, 3.63) is 88.4 Å². The van der Waals surface area contributed by atoms with Gasteiger partial charge in [0.1, 0.15) is 17.6 Å². The lowest BCUT2D eigenvalue weighted by molar-refractivity contribution is -0.214. The quantitative estimate of drug-likeness (QED) is 0.199. The predicted octanol–water partition coefficient (Wildman–Crippen LogP) is 4.32. The minimum atomic E-state index is -0.672. The standard InChI is InChI=1S/C45H51N11O4/c1-52-36-20-28(8-11-34(36)55(44(52)60)35-12-13-40(58)49-43(35)59)26-6-9-29(10-7-26)53-18-15-27(16-19-53)42-47-17-14-39(48-42)45-22-30-24-54(25-31(23-45)56(30)45)37-21-33(50-51-41(37)46)32-4-2-3-5-38(32)57/h2-5,8,11,14,17,20-21,26-27,29-31,35,57H,6-7,9-10,12-13,15-16,18-19,22-25H2,1H3,(H2,46,51)(H,49,58,59)/t26-,29+,30?,31?,35?,45?. The maximum Gasteiger partial charge on any atom is 0.329 e. The fourth-order valence-electron chi connectivity index (χ4n) is 11.9. The number of para-hydroxylation sites is 1. The van der Waals surface area contributed by atoms with E-state index in [4.69, 9.17) is 15.7 Å². The van der Waals surface area contributed by atoms with Crippen LogP contribution in [0.4, 0.5) is 11.5 Å². The number of anilines is 2. The minimum Gasteiger partial charge on any atom is -0.507 e. The van der Waals surface area contributed by atoms with Crippen LogP contribution in [-0.2, 0) is 22.2 Å². The number of nitrogens with one attached hydrogen (secondary N) is 1. The molecule has 5 aromatic rings. The van der Waals surface area contributed by atoms with E-state index >= 15 is 0 Å². The molecule has 2 aromatic carbocycles. The van der Waals surface area contributed by atoms with Gasteiger partial charge >= 0.3 is 5.69 Å². The monoisotopic (exact) mass is 809 g/mol. The Morgan fingerprint density at radius 3 is 2.35 bits per heavy atom. The molecule has 310 valence electrons. The molecular weight excluding hydrogens is 759 g/mol. The Morgan fingerprint density at radius 1 is 0.833 bits per heavy atom. The number of imidazole rings is 1. The number of aromatic nitrogens is 6. The maximum absolute atomic E-state index is 13.3. The summed E-state index contributed by atoms with van der Waals surface area (Å²) in [5.74, 6) is 1.70. The van der Waals surface area contributed by atoms with Crippen molar-refractivity contribution in [1.29, 1.82) is 0 Å². The van der Waals surface area contributed by atoms with Crippen LogP contribution in [0.25, 0.3) is 22.3 Å². The number of fused-ring (bicyclic) bond motifs is 1. The summed E-state index contributed by atoms with van der Waals surface area (Å²) in [5, 5.41) is 21.4. The average Bonchev–Trinajstić information content (AvgIpc) is 3.49. The Bertz CT molecular complexity index is 2570. The van der Waals surface area contributed by atoms with Gasteiger partial charge in [0.25, 0.3) is 0 Å². The number of nitrogens with two attached hydrogens (primary N) is 1. The van der Waals surface area contributed by atoms with Gasteiger partial charge in [0.2, 0.25) is 11.8 Å². The minimum absolute atomic E-state index is 0.00179. The van der Waals surface area contributed by atoms with Crippen LogP contribution in [0.1, 0.15) is 99.2 Å². The third-order valence-electron chi connectivity index (χ3n) is 15.0. The Kier molecular flexibility index (Phi) is 8.85. The Labute approximate surface area is 347 Å². The van der Waals surface area contributed by atoms with Crippen LogP contribution in [0.2, 0.25) is 0 Å². The molecule has 5 saturated heterocycles. The number of amides is 2. The molecule has 0 bridgehead atoms. The summed E-state index contributed by atoms with van der Waals surface area (Å²) in [6.45, 7) is 3.85. The van der Waals surface area contributed by atoms with Gasteiger partial charge in [-0.15, -0.1) is 10.2 Å². The highest BCUT2D eigenvalue weighted by Crippen LogP contribution is 2.60. The Morgan fingerprint density at radius 2 is 1.60 bits per heavy atom. The number of rotatable bonds is 7. The largest absolute Gasteiger partial charge is 0.507 e. The molecular formula is C45H51N11O4. The van der Waals surface area contributed by atoms with Crippen LogP contribution in [-0.4, -0.2) is 100 Å². The number of carbonyl (C=O) groups excluding carboxylic acids is 2. The third-order valence-corrected chi connectivity index (χ3v) is 15.0. The molecule has 2 amide bonds. The zero-order valence-electron chi connectivity index (χ0n) is 33.9. The molecule has 0 radical (unpaired) electrons. The van der Waals surface area contributed by atoms with Crippen LogP contribution in [0.15, 0.2) is 65.6 Å². The van der Waals surface area contributed by atoms with Gasteiger partial charge < -0.3 is 20.6 Å². The molecule has 60 heavy (non-hydrogen) atoms. The van der Waals surface area contributed by atoms with Crippen LogP contribution >= 0.6 is 0 Å². The lowest BCUT2D eigenvalue weighted by Gasteiger charge is -2.73. The number of piperazine rings is 1. The molecule has 6 aliphatic rings. The number of phenols is 1. The first kappa shape index (κ1) is 37.3. The van der Waals surface area contributed by atoms with Crippen molar-refractivity contribution in [3.8, 4) is 17.0 Å². The highest BCUT2D eigenvalue weighted by Gasteiger charge is 2.66. The van der Waals surface area contributed by atoms with Gasteiger partial charge in [-0.05, 0) is 119 Å². The number of benzene rings is 2. The SMILES string of the molecule is Cn1c(=O)n(C2CCC(=O)NC2=O)c2ccc([C@H]3CC[C@@H](N4CCC(c5nccc(C67CC8CN(c9cc(-c%10ccccc%10O)nnc9N)CC(C6)N87)n5)CC4)CC3)cc21. The number of nitrogens with zero attached hydrogens (tertiary/aromatic N) is 9.